The fourth-order valence-corrected chi connectivity index (χ4v) is 3.33. The van der Waals surface area contributed by atoms with Gasteiger partial charge >= 0.3 is 0 Å². The van der Waals surface area contributed by atoms with Crippen molar-refractivity contribution in [3.8, 4) is 0 Å². The van der Waals surface area contributed by atoms with Crippen LogP contribution in [0.3, 0.4) is 0 Å². The molecule has 1 aliphatic carbocycles. The van der Waals surface area contributed by atoms with Gasteiger partial charge in [0.05, 0.1) is 0 Å². The molecule has 0 aromatic carbocycles. The molecule has 0 radical (unpaired) electrons. The molecule has 0 amide bonds. The van der Waals surface area contributed by atoms with Crippen molar-refractivity contribution in [2.45, 2.75) is 59.3 Å². The predicted molar refractivity (Wildman–Crippen MR) is 64.8 cm³/mol. The molecular formula is C13H25Cl. The Bertz CT molecular complexity index is 184. The summed E-state index contributed by atoms with van der Waals surface area (Å²) < 4.78 is 0. The Labute approximate surface area is 94.4 Å². The van der Waals surface area contributed by atoms with Crippen molar-refractivity contribution >= 4 is 11.6 Å². The normalized spacial score (nSPS) is 34.9. The molecule has 0 heterocycles. The van der Waals surface area contributed by atoms with Gasteiger partial charge in [-0.3, -0.25) is 0 Å². The summed E-state index contributed by atoms with van der Waals surface area (Å²) in [4.78, 5) is 0. The summed E-state index contributed by atoms with van der Waals surface area (Å²) in [6.45, 7) is 11.7. The number of halogens is 1. The first-order valence-electron chi connectivity index (χ1n) is 5.99. The van der Waals surface area contributed by atoms with E-state index >= 15 is 0 Å². The first-order chi connectivity index (χ1) is 6.35. The molecule has 0 aromatic rings. The smallest absolute Gasteiger partial charge is 0.0372 e. The lowest BCUT2D eigenvalue weighted by Gasteiger charge is -2.44. The van der Waals surface area contributed by atoms with Crippen molar-refractivity contribution in [2.75, 3.05) is 0 Å². The van der Waals surface area contributed by atoms with Crippen LogP contribution in [0.5, 0.6) is 0 Å². The highest BCUT2D eigenvalue weighted by Gasteiger charge is 2.39. The molecule has 0 spiro atoms. The minimum absolute atomic E-state index is 0.395. The Balaban J connectivity index is 2.68. The predicted octanol–water partition coefficient (Wildman–Crippen LogP) is 4.71. The van der Waals surface area contributed by atoms with Gasteiger partial charge in [-0.2, -0.15) is 0 Å². The van der Waals surface area contributed by atoms with Crippen LogP contribution in [0.1, 0.15) is 53.9 Å². The average Bonchev–Trinajstić information content (AvgIpc) is 2.02. The van der Waals surface area contributed by atoms with E-state index in [4.69, 9.17) is 11.6 Å². The third-order valence-corrected chi connectivity index (χ3v) is 4.96. The molecule has 84 valence electrons. The molecule has 0 saturated heterocycles. The summed E-state index contributed by atoms with van der Waals surface area (Å²) in [5.41, 5.74) is 0.395. The molecule has 0 bridgehead atoms. The molecular weight excluding hydrogens is 192 g/mol. The number of hydrogen-bond acceptors (Lipinski definition) is 0. The summed E-state index contributed by atoms with van der Waals surface area (Å²) in [5, 5.41) is 0.399. The zero-order chi connectivity index (χ0) is 10.9. The second-order valence-corrected chi connectivity index (χ2v) is 6.58. The van der Waals surface area contributed by atoms with E-state index in [1.54, 1.807) is 0 Å². The second kappa shape index (κ2) is 4.43. The molecule has 0 N–H and O–H groups in total. The summed E-state index contributed by atoms with van der Waals surface area (Å²) >= 11 is 6.51. The van der Waals surface area contributed by atoms with Gasteiger partial charge in [0.25, 0.3) is 0 Å². The Hall–Kier alpha value is 0.290. The van der Waals surface area contributed by atoms with Crippen molar-refractivity contribution in [1.82, 2.24) is 0 Å². The van der Waals surface area contributed by atoms with Crippen molar-refractivity contribution in [1.29, 1.82) is 0 Å². The number of rotatable bonds is 2. The van der Waals surface area contributed by atoms with Crippen LogP contribution >= 0.6 is 11.6 Å². The van der Waals surface area contributed by atoms with Crippen molar-refractivity contribution in [3.63, 3.8) is 0 Å². The van der Waals surface area contributed by atoms with E-state index in [0.29, 0.717) is 16.7 Å². The van der Waals surface area contributed by atoms with E-state index < -0.39 is 0 Å². The minimum Gasteiger partial charge on any atom is -0.123 e. The molecule has 0 nitrogen and oxygen atoms in total. The first-order valence-corrected chi connectivity index (χ1v) is 6.43. The summed E-state index contributed by atoms with van der Waals surface area (Å²) in [7, 11) is 0. The lowest BCUT2D eigenvalue weighted by molar-refractivity contribution is 0.0923. The van der Waals surface area contributed by atoms with Crippen LogP contribution in [-0.2, 0) is 0 Å². The van der Waals surface area contributed by atoms with Crippen LogP contribution < -0.4 is 0 Å². The molecule has 1 rings (SSSR count). The van der Waals surface area contributed by atoms with Gasteiger partial charge in [0, 0.05) is 5.38 Å². The molecule has 1 saturated carbocycles. The van der Waals surface area contributed by atoms with E-state index in [-0.39, 0.29) is 0 Å². The van der Waals surface area contributed by atoms with Gasteiger partial charge in [-0.15, -0.1) is 11.6 Å². The van der Waals surface area contributed by atoms with Crippen LogP contribution in [0.2, 0.25) is 0 Å². The lowest BCUT2D eigenvalue weighted by atomic mass is 9.64. The van der Waals surface area contributed by atoms with Crippen LogP contribution in [0.25, 0.3) is 0 Å². The quantitative estimate of drug-likeness (QED) is 0.587. The van der Waals surface area contributed by atoms with E-state index in [1.165, 1.54) is 19.3 Å². The minimum atomic E-state index is 0.395. The molecule has 3 atom stereocenters. The highest BCUT2D eigenvalue weighted by Crippen LogP contribution is 2.46. The van der Waals surface area contributed by atoms with Gasteiger partial charge in [0.2, 0.25) is 0 Å². The lowest BCUT2D eigenvalue weighted by Crippen LogP contribution is -2.39. The maximum Gasteiger partial charge on any atom is 0.0372 e. The van der Waals surface area contributed by atoms with E-state index in [2.05, 4.69) is 34.6 Å². The number of alkyl halides is 1. The van der Waals surface area contributed by atoms with E-state index in [0.717, 1.165) is 11.8 Å². The van der Waals surface area contributed by atoms with Crippen molar-refractivity contribution < 1.29 is 0 Å². The maximum atomic E-state index is 6.51. The van der Waals surface area contributed by atoms with Crippen LogP contribution in [0, 0.1) is 23.2 Å². The third kappa shape index (κ3) is 2.45. The monoisotopic (exact) mass is 216 g/mol. The molecule has 14 heavy (non-hydrogen) atoms. The Morgan fingerprint density at radius 1 is 1.21 bits per heavy atom. The highest BCUT2D eigenvalue weighted by molar-refractivity contribution is 6.20. The van der Waals surface area contributed by atoms with Gasteiger partial charge < -0.3 is 0 Å². The van der Waals surface area contributed by atoms with Crippen LogP contribution in [0.15, 0.2) is 0 Å². The van der Waals surface area contributed by atoms with Crippen LogP contribution in [-0.4, -0.2) is 5.38 Å². The van der Waals surface area contributed by atoms with Crippen molar-refractivity contribution in [3.05, 3.63) is 0 Å². The molecule has 1 heteroatoms. The van der Waals surface area contributed by atoms with Crippen LogP contribution in [0.4, 0.5) is 0 Å². The molecule has 3 unspecified atom stereocenters. The van der Waals surface area contributed by atoms with Gasteiger partial charge in [-0.1, -0.05) is 41.0 Å². The largest absolute Gasteiger partial charge is 0.123 e. The fourth-order valence-electron chi connectivity index (χ4n) is 2.58. The van der Waals surface area contributed by atoms with Gasteiger partial charge in [0.15, 0.2) is 0 Å². The summed E-state index contributed by atoms with van der Waals surface area (Å²) in [6.07, 6.45) is 3.90. The zero-order valence-corrected chi connectivity index (χ0v) is 11.1. The van der Waals surface area contributed by atoms with Gasteiger partial charge in [-0.05, 0) is 36.0 Å². The van der Waals surface area contributed by atoms with E-state index in [1.807, 2.05) is 0 Å². The molecule has 1 aliphatic rings. The summed E-state index contributed by atoms with van der Waals surface area (Å²) in [6, 6.07) is 0. The van der Waals surface area contributed by atoms with Crippen molar-refractivity contribution in [2.24, 2.45) is 23.2 Å². The Morgan fingerprint density at radius 2 is 1.79 bits per heavy atom. The second-order valence-electron chi connectivity index (χ2n) is 6.02. The molecule has 0 aliphatic heterocycles. The standard InChI is InChI=1S/C13H25Cl/c1-9(2)13(4,5)11-7-6-10(3)8-12(11)14/h9-12H,6-8H2,1-5H3. The topological polar surface area (TPSA) is 0 Å². The Morgan fingerprint density at radius 3 is 2.21 bits per heavy atom. The first kappa shape index (κ1) is 12.4. The number of hydrogen-bond donors (Lipinski definition) is 0. The van der Waals surface area contributed by atoms with E-state index in [9.17, 15) is 0 Å². The average molecular weight is 217 g/mol. The highest BCUT2D eigenvalue weighted by atomic mass is 35.5. The fraction of sp³-hybridized carbons (Fsp3) is 1.00. The zero-order valence-electron chi connectivity index (χ0n) is 10.3. The van der Waals surface area contributed by atoms with Gasteiger partial charge in [0.1, 0.15) is 0 Å². The molecule has 1 fully saturated rings. The summed E-state index contributed by atoms with van der Waals surface area (Å²) in [5.74, 6) is 2.26. The Kier molecular flexibility index (Phi) is 3.91. The van der Waals surface area contributed by atoms with Gasteiger partial charge in [-0.25, -0.2) is 0 Å². The third-order valence-electron chi connectivity index (χ3n) is 4.48. The molecule has 0 aromatic heterocycles. The maximum absolute atomic E-state index is 6.51. The SMILES string of the molecule is CC1CCC(C(C)(C)C(C)C)C(Cl)C1.